The Labute approximate surface area is 81.7 Å². The lowest BCUT2D eigenvalue weighted by atomic mass is 10.4. The first kappa shape index (κ1) is 10.4. The Morgan fingerprint density at radius 3 is 2.79 bits per heavy atom. The Hall–Kier alpha value is -1.65. The zero-order valence-corrected chi connectivity index (χ0v) is 7.90. The van der Waals surface area contributed by atoms with Crippen LogP contribution in [-0.2, 0) is 0 Å². The van der Waals surface area contributed by atoms with Crippen LogP contribution in [-0.4, -0.2) is 31.3 Å². The minimum Gasteiger partial charge on any atom is -0.335 e. The van der Waals surface area contributed by atoms with E-state index < -0.39 is 6.67 Å². The third-order valence-electron chi connectivity index (χ3n) is 1.73. The monoisotopic (exact) mass is 197 g/mol. The molecule has 5 heteroatoms. The molecule has 1 N–H and O–H groups in total. The number of alkyl halides is 1. The van der Waals surface area contributed by atoms with Crippen molar-refractivity contribution >= 4 is 11.7 Å². The van der Waals surface area contributed by atoms with Crippen LogP contribution in [0, 0.1) is 0 Å². The first-order chi connectivity index (χ1) is 6.75. The van der Waals surface area contributed by atoms with Crippen molar-refractivity contribution in [2.45, 2.75) is 0 Å². The molecule has 4 nitrogen and oxygen atoms in total. The van der Waals surface area contributed by atoms with Crippen LogP contribution in [0.3, 0.4) is 0 Å². The molecule has 0 fully saturated rings. The van der Waals surface area contributed by atoms with Crippen molar-refractivity contribution in [3.8, 4) is 0 Å². The Morgan fingerprint density at radius 1 is 1.57 bits per heavy atom. The van der Waals surface area contributed by atoms with Crippen LogP contribution in [0.25, 0.3) is 0 Å². The standard InChI is InChI=1S/C9H12FN3O/c1-13(9(14)12-7-4-10)8-2-5-11-6-3-8/h2-3,5-6H,4,7H2,1H3,(H,12,14). The van der Waals surface area contributed by atoms with Crippen molar-refractivity contribution in [2.75, 3.05) is 25.2 Å². The topological polar surface area (TPSA) is 45.2 Å². The Morgan fingerprint density at radius 2 is 2.21 bits per heavy atom. The third-order valence-corrected chi connectivity index (χ3v) is 1.73. The number of hydrogen-bond acceptors (Lipinski definition) is 2. The molecule has 14 heavy (non-hydrogen) atoms. The molecule has 2 amide bonds. The molecule has 1 aromatic heterocycles. The number of nitrogens with zero attached hydrogens (tertiary/aromatic N) is 2. The van der Waals surface area contributed by atoms with E-state index in [0.717, 1.165) is 5.69 Å². The van der Waals surface area contributed by atoms with Crippen molar-refractivity contribution in [1.82, 2.24) is 10.3 Å². The maximum absolute atomic E-state index is 11.8. The molecule has 0 aliphatic carbocycles. The number of aromatic nitrogens is 1. The first-order valence-electron chi connectivity index (χ1n) is 4.23. The fourth-order valence-corrected chi connectivity index (χ4v) is 0.958. The molecule has 0 radical (unpaired) electrons. The van der Waals surface area contributed by atoms with E-state index in [-0.39, 0.29) is 12.6 Å². The molecule has 0 aromatic carbocycles. The molecule has 1 rings (SSSR count). The van der Waals surface area contributed by atoms with Gasteiger partial charge in [-0.2, -0.15) is 0 Å². The van der Waals surface area contributed by atoms with Crippen LogP contribution in [0.2, 0.25) is 0 Å². The van der Waals surface area contributed by atoms with Gasteiger partial charge in [0.25, 0.3) is 0 Å². The summed E-state index contributed by atoms with van der Waals surface area (Å²) >= 11 is 0. The van der Waals surface area contributed by atoms with Gasteiger partial charge in [-0.3, -0.25) is 9.88 Å². The van der Waals surface area contributed by atoms with Crippen LogP contribution in [0.15, 0.2) is 24.5 Å². The van der Waals surface area contributed by atoms with Crippen molar-refractivity contribution in [2.24, 2.45) is 0 Å². The Kier molecular flexibility index (Phi) is 3.84. The number of anilines is 1. The molecule has 0 unspecified atom stereocenters. The van der Waals surface area contributed by atoms with E-state index in [1.807, 2.05) is 0 Å². The second-order valence-corrected chi connectivity index (χ2v) is 2.69. The largest absolute Gasteiger partial charge is 0.335 e. The summed E-state index contributed by atoms with van der Waals surface area (Å²) in [5, 5.41) is 2.42. The average Bonchev–Trinajstić information content (AvgIpc) is 2.26. The van der Waals surface area contributed by atoms with E-state index in [2.05, 4.69) is 10.3 Å². The van der Waals surface area contributed by atoms with E-state index in [9.17, 15) is 9.18 Å². The van der Waals surface area contributed by atoms with Crippen molar-refractivity contribution in [3.63, 3.8) is 0 Å². The first-order valence-corrected chi connectivity index (χ1v) is 4.23. The highest BCUT2D eigenvalue weighted by Gasteiger charge is 2.08. The summed E-state index contributed by atoms with van der Waals surface area (Å²) in [5.74, 6) is 0. The summed E-state index contributed by atoms with van der Waals surface area (Å²) in [6.45, 7) is -0.524. The summed E-state index contributed by atoms with van der Waals surface area (Å²) < 4.78 is 11.8. The van der Waals surface area contributed by atoms with Crippen molar-refractivity contribution in [1.29, 1.82) is 0 Å². The fourth-order valence-electron chi connectivity index (χ4n) is 0.958. The van der Waals surface area contributed by atoms with E-state index in [1.165, 1.54) is 4.90 Å². The molecule has 0 saturated carbocycles. The van der Waals surface area contributed by atoms with E-state index in [0.29, 0.717) is 0 Å². The van der Waals surface area contributed by atoms with Crippen molar-refractivity contribution < 1.29 is 9.18 Å². The van der Waals surface area contributed by atoms with Gasteiger partial charge in [0.2, 0.25) is 0 Å². The number of pyridine rings is 1. The molecular weight excluding hydrogens is 185 g/mol. The SMILES string of the molecule is CN(C(=O)NCCF)c1ccncc1. The number of amides is 2. The van der Waals surface area contributed by atoms with Gasteiger partial charge in [-0.05, 0) is 12.1 Å². The van der Waals surface area contributed by atoms with E-state index >= 15 is 0 Å². The van der Waals surface area contributed by atoms with Gasteiger partial charge in [-0.15, -0.1) is 0 Å². The fraction of sp³-hybridized carbons (Fsp3) is 0.333. The van der Waals surface area contributed by atoms with Gasteiger partial charge < -0.3 is 5.32 Å². The Bertz CT molecular complexity index is 291. The molecule has 76 valence electrons. The molecule has 0 aliphatic rings. The molecule has 0 atom stereocenters. The van der Waals surface area contributed by atoms with Gasteiger partial charge in [-0.25, -0.2) is 9.18 Å². The van der Waals surface area contributed by atoms with Gasteiger partial charge in [0, 0.05) is 31.7 Å². The van der Waals surface area contributed by atoms with Crippen LogP contribution in [0.1, 0.15) is 0 Å². The van der Waals surface area contributed by atoms with Gasteiger partial charge >= 0.3 is 6.03 Å². The molecule has 1 heterocycles. The zero-order valence-electron chi connectivity index (χ0n) is 7.90. The lowest BCUT2D eigenvalue weighted by molar-refractivity contribution is 0.246. The van der Waals surface area contributed by atoms with E-state index in [1.54, 1.807) is 31.6 Å². The minimum absolute atomic E-state index is 0.0360. The van der Waals surface area contributed by atoms with E-state index in [4.69, 9.17) is 0 Å². The molecule has 0 saturated heterocycles. The number of halogens is 1. The number of nitrogens with one attached hydrogen (secondary N) is 1. The number of carbonyl (C=O) groups excluding carboxylic acids is 1. The van der Waals surface area contributed by atoms with Crippen LogP contribution >= 0.6 is 0 Å². The minimum atomic E-state index is -0.560. The quantitative estimate of drug-likeness (QED) is 0.791. The average molecular weight is 197 g/mol. The van der Waals surface area contributed by atoms with Gasteiger partial charge in [0.05, 0.1) is 0 Å². The molecule has 1 aromatic rings. The number of carbonyl (C=O) groups is 1. The highest BCUT2D eigenvalue weighted by molar-refractivity contribution is 5.91. The maximum atomic E-state index is 11.8. The summed E-state index contributed by atoms with van der Waals surface area (Å²) in [7, 11) is 1.61. The summed E-state index contributed by atoms with van der Waals surface area (Å²) in [6.07, 6.45) is 3.18. The highest BCUT2D eigenvalue weighted by Crippen LogP contribution is 2.09. The van der Waals surface area contributed by atoms with Crippen LogP contribution in [0.5, 0.6) is 0 Å². The molecular formula is C9H12FN3O. The second-order valence-electron chi connectivity index (χ2n) is 2.69. The predicted octanol–water partition coefficient (Wildman–Crippen LogP) is 1.20. The molecule has 0 aliphatic heterocycles. The van der Waals surface area contributed by atoms with Crippen LogP contribution in [0.4, 0.5) is 14.9 Å². The van der Waals surface area contributed by atoms with Gasteiger partial charge in [0.15, 0.2) is 0 Å². The summed E-state index contributed by atoms with van der Waals surface area (Å²) in [4.78, 5) is 16.6. The third kappa shape index (κ3) is 2.69. The number of hydrogen-bond donors (Lipinski definition) is 1. The lowest BCUT2D eigenvalue weighted by Crippen LogP contribution is -2.38. The predicted molar refractivity (Wildman–Crippen MR) is 52.0 cm³/mol. The zero-order chi connectivity index (χ0) is 10.4. The lowest BCUT2D eigenvalue weighted by Gasteiger charge is -2.16. The smallest absolute Gasteiger partial charge is 0.321 e. The summed E-state index contributed by atoms with van der Waals surface area (Å²) in [6, 6.07) is 3.08. The number of rotatable bonds is 3. The Balaban J connectivity index is 2.57. The van der Waals surface area contributed by atoms with Gasteiger partial charge in [-0.1, -0.05) is 0 Å². The molecule has 0 spiro atoms. The number of urea groups is 1. The summed E-state index contributed by atoms with van der Waals surface area (Å²) in [5.41, 5.74) is 0.719. The van der Waals surface area contributed by atoms with Gasteiger partial charge in [0.1, 0.15) is 6.67 Å². The highest BCUT2D eigenvalue weighted by atomic mass is 19.1. The molecule has 0 bridgehead atoms. The second kappa shape index (κ2) is 5.16. The van der Waals surface area contributed by atoms with Crippen LogP contribution < -0.4 is 10.2 Å². The maximum Gasteiger partial charge on any atom is 0.321 e. The normalized spacial score (nSPS) is 9.57. The van der Waals surface area contributed by atoms with Crippen molar-refractivity contribution in [3.05, 3.63) is 24.5 Å².